The first kappa shape index (κ1) is 20.8. The largest absolute Gasteiger partial charge is 0.495 e. The Morgan fingerprint density at radius 2 is 2.00 bits per heavy atom. The lowest BCUT2D eigenvalue weighted by Crippen LogP contribution is -2.22. The van der Waals surface area contributed by atoms with E-state index in [9.17, 15) is 8.42 Å². The number of rotatable bonds is 6. The van der Waals surface area contributed by atoms with Crippen molar-refractivity contribution in [2.24, 2.45) is 5.10 Å². The molecule has 0 atom stereocenters. The molecule has 1 aromatic carbocycles. The molecule has 0 fully saturated rings. The second-order valence-electron chi connectivity index (χ2n) is 6.55. The van der Waals surface area contributed by atoms with Crippen LogP contribution in [0.1, 0.15) is 5.69 Å². The van der Waals surface area contributed by atoms with Crippen LogP contribution in [0.4, 0.5) is 0 Å². The number of hydrazone groups is 1. The average Bonchev–Trinajstić information content (AvgIpc) is 3.20. The molecule has 0 unspecified atom stereocenters. The summed E-state index contributed by atoms with van der Waals surface area (Å²) >= 11 is 5.98. The van der Waals surface area contributed by atoms with Crippen LogP contribution in [0.25, 0.3) is 16.8 Å². The maximum Gasteiger partial charge on any atom is 0.282 e. The van der Waals surface area contributed by atoms with Crippen molar-refractivity contribution in [1.29, 1.82) is 0 Å². The number of fused-ring (bicyclic) bond motifs is 1. The number of nitrogens with zero attached hydrogens (tertiary/aromatic N) is 5. The Balaban J connectivity index is 1.67. The molecule has 0 amide bonds. The Hall–Kier alpha value is -3.43. The van der Waals surface area contributed by atoms with E-state index in [2.05, 4.69) is 15.1 Å². The lowest BCUT2D eigenvalue weighted by molar-refractivity contribution is 0.399. The van der Waals surface area contributed by atoms with Gasteiger partial charge in [0.25, 0.3) is 10.0 Å². The van der Waals surface area contributed by atoms with Crippen LogP contribution in [0.2, 0.25) is 5.02 Å². The zero-order valence-corrected chi connectivity index (χ0v) is 18.2. The summed E-state index contributed by atoms with van der Waals surface area (Å²) in [6, 6.07) is 12.0. The number of aromatic nitrogens is 3. The predicted octanol–water partition coefficient (Wildman–Crippen LogP) is 3.71. The van der Waals surface area contributed by atoms with E-state index in [1.807, 2.05) is 34.9 Å². The summed E-state index contributed by atoms with van der Waals surface area (Å²) in [6.45, 7) is 0. The molecule has 0 bridgehead atoms. The first-order valence-electron chi connectivity index (χ1n) is 9.14. The summed E-state index contributed by atoms with van der Waals surface area (Å²) in [4.78, 5) is 8.41. The molecule has 0 saturated heterocycles. The van der Waals surface area contributed by atoms with Gasteiger partial charge >= 0.3 is 0 Å². The molecule has 0 spiro atoms. The zero-order chi connectivity index (χ0) is 22.0. The third kappa shape index (κ3) is 4.10. The van der Waals surface area contributed by atoms with Crippen molar-refractivity contribution in [3.63, 3.8) is 0 Å². The summed E-state index contributed by atoms with van der Waals surface area (Å²) in [6.07, 6.45) is 8.43. The van der Waals surface area contributed by atoms with Crippen LogP contribution in [0.15, 0.2) is 77.2 Å². The summed E-state index contributed by atoms with van der Waals surface area (Å²) in [5, 5.41) is 4.40. The Morgan fingerprint density at radius 3 is 2.74 bits per heavy atom. The molecule has 8 nitrogen and oxygen atoms in total. The molecule has 0 N–H and O–H groups in total. The third-order valence-electron chi connectivity index (χ3n) is 4.63. The molecule has 4 rings (SSSR count). The van der Waals surface area contributed by atoms with Gasteiger partial charge in [0.05, 0.1) is 25.2 Å². The van der Waals surface area contributed by atoms with Crippen molar-refractivity contribution in [3.05, 3.63) is 78.0 Å². The van der Waals surface area contributed by atoms with Crippen LogP contribution in [-0.2, 0) is 10.0 Å². The van der Waals surface area contributed by atoms with Gasteiger partial charge in [0.15, 0.2) is 0 Å². The van der Waals surface area contributed by atoms with Gasteiger partial charge in [-0.1, -0.05) is 17.7 Å². The predicted molar refractivity (Wildman–Crippen MR) is 119 cm³/mol. The quantitative estimate of drug-likeness (QED) is 0.326. The van der Waals surface area contributed by atoms with Crippen molar-refractivity contribution in [2.45, 2.75) is 4.90 Å². The van der Waals surface area contributed by atoms with Crippen molar-refractivity contribution in [2.75, 3.05) is 14.2 Å². The van der Waals surface area contributed by atoms with Crippen molar-refractivity contribution >= 4 is 33.5 Å². The Kier molecular flexibility index (Phi) is 5.62. The van der Waals surface area contributed by atoms with Gasteiger partial charge in [-0.3, -0.25) is 9.38 Å². The highest BCUT2D eigenvalue weighted by atomic mass is 35.5. The Labute approximate surface area is 184 Å². The van der Waals surface area contributed by atoms with Gasteiger partial charge in [-0.2, -0.15) is 17.9 Å². The van der Waals surface area contributed by atoms with E-state index in [1.54, 1.807) is 24.7 Å². The van der Waals surface area contributed by atoms with Crippen LogP contribution < -0.4 is 4.74 Å². The number of methoxy groups -OCH3 is 1. The molecule has 0 saturated carbocycles. The fourth-order valence-electron chi connectivity index (χ4n) is 3.00. The van der Waals surface area contributed by atoms with Gasteiger partial charge in [0.1, 0.15) is 16.3 Å². The van der Waals surface area contributed by atoms with Crippen LogP contribution in [0.3, 0.4) is 0 Å². The smallest absolute Gasteiger partial charge is 0.282 e. The summed E-state index contributed by atoms with van der Waals surface area (Å²) < 4.78 is 33.8. The molecular formula is C21H18ClN5O3S. The fourth-order valence-corrected chi connectivity index (χ4v) is 4.37. The number of benzene rings is 1. The number of hydrogen-bond acceptors (Lipinski definition) is 6. The Bertz CT molecular complexity index is 1370. The highest BCUT2D eigenvalue weighted by Gasteiger charge is 2.24. The standard InChI is InChI=1S/C21H18ClN5O3S/c1-26(31(28,29)20-10-17(22)6-7-19(20)30-2)25-13-18-12-24-21-8-5-16(14-27(18)21)15-4-3-9-23-11-15/h3-14H,1-2H3. The molecule has 3 aromatic heterocycles. The minimum absolute atomic E-state index is 0.0702. The maximum atomic E-state index is 13.0. The van der Waals surface area contributed by atoms with Crippen LogP contribution in [0, 0.1) is 0 Å². The van der Waals surface area contributed by atoms with Gasteiger partial charge in [0, 0.05) is 41.8 Å². The van der Waals surface area contributed by atoms with Crippen LogP contribution in [0.5, 0.6) is 5.75 Å². The van der Waals surface area contributed by atoms with E-state index in [1.165, 1.54) is 32.5 Å². The summed E-state index contributed by atoms with van der Waals surface area (Å²) in [5.41, 5.74) is 3.21. The second kappa shape index (κ2) is 8.37. The number of imidazole rings is 1. The minimum Gasteiger partial charge on any atom is -0.495 e. The van der Waals surface area contributed by atoms with Crippen molar-refractivity contribution in [1.82, 2.24) is 18.8 Å². The highest BCUT2D eigenvalue weighted by molar-refractivity contribution is 7.89. The van der Waals surface area contributed by atoms with Gasteiger partial charge in [-0.25, -0.2) is 4.98 Å². The fraction of sp³-hybridized carbons (Fsp3) is 0.0952. The summed E-state index contributed by atoms with van der Waals surface area (Å²) in [5.74, 6) is 0.183. The number of hydrogen-bond donors (Lipinski definition) is 0. The van der Waals surface area contributed by atoms with Crippen LogP contribution >= 0.6 is 11.6 Å². The van der Waals surface area contributed by atoms with E-state index in [-0.39, 0.29) is 15.7 Å². The summed E-state index contributed by atoms with van der Waals surface area (Å²) in [7, 11) is -1.24. The molecule has 158 valence electrons. The van der Waals surface area contributed by atoms with Gasteiger partial charge < -0.3 is 4.74 Å². The molecule has 31 heavy (non-hydrogen) atoms. The normalized spacial score (nSPS) is 11.8. The van der Waals surface area contributed by atoms with E-state index in [0.717, 1.165) is 15.5 Å². The molecular weight excluding hydrogens is 438 g/mol. The SMILES string of the molecule is COc1ccc(Cl)cc1S(=O)(=O)N(C)N=Cc1cnc2ccc(-c3cccnc3)cn12. The molecule has 3 heterocycles. The van der Waals surface area contributed by atoms with E-state index < -0.39 is 10.0 Å². The number of pyridine rings is 2. The number of ether oxygens (including phenoxy) is 1. The Morgan fingerprint density at radius 1 is 1.16 bits per heavy atom. The topological polar surface area (TPSA) is 89.2 Å². The van der Waals surface area contributed by atoms with Gasteiger partial charge in [0.2, 0.25) is 0 Å². The maximum absolute atomic E-state index is 13.0. The number of halogens is 1. The van der Waals surface area contributed by atoms with Crippen molar-refractivity contribution in [3.8, 4) is 16.9 Å². The molecule has 10 heteroatoms. The van der Waals surface area contributed by atoms with Crippen LogP contribution in [-0.4, -0.2) is 47.6 Å². The van der Waals surface area contributed by atoms with Crippen molar-refractivity contribution < 1.29 is 13.2 Å². The first-order chi connectivity index (χ1) is 14.9. The zero-order valence-electron chi connectivity index (χ0n) is 16.7. The highest BCUT2D eigenvalue weighted by Crippen LogP contribution is 2.29. The molecule has 0 aliphatic rings. The number of sulfonamides is 1. The van der Waals surface area contributed by atoms with E-state index >= 15 is 0 Å². The van der Waals surface area contributed by atoms with Gasteiger partial charge in [-0.15, -0.1) is 0 Å². The molecule has 4 aromatic rings. The molecule has 0 aliphatic heterocycles. The van der Waals surface area contributed by atoms with E-state index in [4.69, 9.17) is 16.3 Å². The lowest BCUT2D eigenvalue weighted by Gasteiger charge is -2.16. The monoisotopic (exact) mass is 455 g/mol. The van der Waals surface area contributed by atoms with E-state index in [0.29, 0.717) is 11.3 Å². The third-order valence-corrected chi connectivity index (χ3v) is 6.53. The molecule has 0 aliphatic carbocycles. The average molecular weight is 456 g/mol. The molecule has 0 radical (unpaired) electrons. The van der Waals surface area contributed by atoms with Gasteiger partial charge in [-0.05, 0) is 36.4 Å². The second-order valence-corrected chi connectivity index (χ2v) is 8.90. The minimum atomic E-state index is -3.97. The first-order valence-corrected chi connectivity index (χ1v) is 11.0. The lowest BCUT2D eigenvalue weighted by atomic mass is 10.1.